The number of hydrogen-bond donors (Lipinski definition) is 2. The van der Waals surface area contributed by atoms with Crippen molar-refractivity contribution in [3.8, 4) is 11.5 Å². The van der Waals surface area contributed by atoms with E-state index in [-0.39, 0.29) is 37.2 Å². The highest BCUT2D eigenvalue weighted by atomic mass is 16.5. The van der Waals surface area contributed by atoms with Crippen molar-refractivity contribution in [2.75, 3.05) is 13.2 Å². The van der Waals surface area contributed by atoms with Gasteiger partial charge in [-0.05, 0) is 42.5 Å². The van der Waals surface area contributed by atoms with Crippen LogP contribution in [0.4, 0.5) is 0 Å². The Balaban J connectivity index is 1.53. The molecular weight excluding hydrogens is 464 g/mol. The van der Waals surface area contributed by atoms with Crippen LogP contribution in [0.3, 0.4) is 0 Å². The van der Waals surface area contributed by atoms with Gasteiger partial charge in [0.05, 0.1) is 26.1 Å². The highest BCUT2D eigenvalue weighted by molar-refractivity contribution is 6.08. The molecule has 0 aliphatic rings. The topological polar surface area (TPSA) is 145 Å². The molecule has 3 rings (SSSR count). The number of carbonyl (C=O) groups excluding carboxylic acids is 4. The molecule has 4 amide bonds. The Bertz CT molecular complexity index is 1110. The van der Waals surface area contributed by atoms with Crippen molar-refractivity contribution in [1.82, 2.24) is 10.0 Å². The summed E-state index contributed by atoms with van der Waals surface area (Å²) >= 11 is 0. The number of nitrogens with zero attached hydrogens (tertiary/aromatic N) is 2. The van der Waals surface area contributed by atoms with Crippen molar-refractivity contribution >= 4 is 23.6 Å². The van der Waals surface area contributed by atoms with E-state index in [0.29, 0.717) is 21.5 Å². The number of carbonyl (C=O) groups is 4. The Kier molecular flexibility index (Phi) is 9.26. The summed E-state index contributed by atoms with van der Waals surface area (Å²) in [5.74, 6) is 9.60. The van der Waals surface area contributed by atoms with Gasteiger partial charge in [-0.1, -0.05) is 42.5 Å². The molecule has 0 atom stereocenters. The van der Waals surface area contributed by atoms with Gasteiger partial charge in [0, 0.05) is 11.1 Å². The average molecular weight is 491 g/mol. The van der Waals surface area contributed by atoms with Crippen molar-refractivity contribution in [3.63, 3.8) is 0 Å². The van der Waals surface area contributed by atoms with Crippen LogP contribution in [0.1, 0.15) is 33.6 Å². The maximum absolute atomic E-state index is 12.7. The molecule has 0 heterocycles. The molecule has 36 heavy (non-hydrogen) atoms. The first-order valence-corrected chi connectivity index (χ1v) is 11.1. The molecule has 10 heteroatoms. The predicted molar refractivity (Wildman–Crippen MR) is 130 cm³/mol. The molecule has 0 bridgehead atoms. The lowest BCUT2D eigenvalue weighted by Crippen LogP contribution is -2.44. The van der Waals surface area contributed by atoms with Crippen LogP contribution in [0.5, 0.6) is 11.5 Å². The van der Waals surface area contributed by atoms with Gasteiger partial charge >= 0.3 is 0 Å². The second-order valence-electron chi connectivity index (χ2n) is 7.54. The first-order chi connectivity index (χ1) is 17.4. The fourth-order valence-electron chi connectivity index (χ4n) is 3.08. The van der Waals surface area contributed by atoms with Crippen molar-refractivity contribution in [2.45, 2.75) is 12.8 Å². The molecule has 0 fully saturated rings. The third kappa shape index (κ3) is 7.23. The smallest absolute Gasteiger partial charge is 0.274 e. The molecule has 0 spiro atoms. The van der Waals surface area contributed by atoms with Crippen molar-refractivity contribution in [2.24, 2.45) is 11.7 Å². The predicted octanol–water partition coefficient (Wildman–Crippen LogP) is 2.31. The number of rotatable bonds is 10. The van der Waals surface area contributed by atoms with Gasteiger partial charge in [0.2, 0.25) is 11.8 Å². The highest BCUT2D eigenvalue weighted by Gasteiger charge is 2.23. The van der Waals surface area contributed by atoms with Gasteiger partial charge < -0.3 is 9.47 Å². The summed E-state index contributed by atoms with van der Waals surface area (Å²) in [5, 5.41) is 0.925. The maximum Gasteiger partial charge on any atom is 0.274 e. The largest absolute Gasteiger partial charge is 0.493 e. The zero-order valence-corrected chi connectivity index (χ0v) is 19.4. The van der Waals surface area contributed by atoms with Gasteiger partial charge in [-0.2, -0.15) is 0 Å². The summed E-state index contributed by atoms with van der Waals surface area (Å²) in [6.07, 6.45) is -0.266. The fraction of sp³-hybridized carbons (Fsp3) is 0.154. The first kappa shape index (κ1) is 26.1. The van der Waals surface area contributed by atoms with Gasteiger partial charge in [-0.25, -0.2) is 21.7 Å². The molecular formula is C26H26N4O6. The summed E-state index contributed by atoms with van der Waals surface area (Å²) in [5.41, 5.74) is -0.0390. The first-order valence-electron chi connectivity index (χ1n) is 11.1. The van der Waals surface area contributed by atoms with Crippen LogP contribution >= 0.6 is 0 Å². The minimum absolute atomic E-state index is 0.0195. The molecule has 4 N–H and O–H groups in total. The number of nitrogens with two attached hydrogens (primary N) is 2. The van der Waals surface area contributed by atoms with E-state index >= 15 is 0 Å². The van der Waals surface area contributed by atoms with Gasteiger partial charge in [0.25, 0.3) is 11.8 Å². The van der Waals surface area contributed by atoms with E-state index in [1.807, 2.05) is 12.1 Å². The summed E-state index contributed by atoms with van der Waals surface area (Å²) in [6.45, 7) is 0.0567. The molecule has 0 aromatic heterocycles. The lowest BCUT2D eigenvalue weighted by molar-refractivity contribution is -0.130. The Hall–Kier alpha value is -4.54. The molecule has 3 aromatic carbocycles. The van der Waals surface area contributed by atoms with Crippen molar-refractivity contribution < 1.29 is 28.7 Å². The van der Waals surface area contributed by atoms with E-state index in [1.165, 1.54) is 24.3 Å². The second-order valence-corrected chi connectivity index (χ2v) is 7.54. The molecule has 186 valence electrons. The van der Waals surface area contributed by atoms with Crippen LogP contribution in [0.15, 0.2) is 84.9 Å². The summed E-state index contributed by atoms with van der Waals surface area (Å²) in [4.78, 5) is 50.0. The van der Waals surface area contributed by atoms with Crippen LogP contribution in [0.2, 0.25) is 0 Å². The Labute approximate surface area is 207 Å². The van der Waals surface area contributed by atoms with E-state index in [4.69, 9.17) is 21.2 Å². The van der Waals surface area contributed by atoms with Gasteiger partial charge in [-0.15, -0.1) is 0 Å². The summed E-state index contributed by atoms with van der Waals surface area (Å²) < 4.78 is 10.9. The van der Waals surface area contributed by atoms with E-state index < -0.39 is 23.6 Å². The van der Waals surface area contributed by atoms with Gasteiger partial charge in [0.15, 0.2) is 0 Å². The summed E-state index contributed by atoms with van der Waals surface area (Å²) in [7, 11) is 0. The third-order valence-corrected chi connectivity index (χ3v) is 4.99. The van der Waals surface area contributed by atoms with Crippen LogP contribution in [0.25, 0.3) is 0 Å². The van der Waals surface area contributed by atoms with Gasteiger partial charge in [0.1, 0.15) is 11.5 Å². The minimum Gasteiger partial charge on any atom is -0.493 e. The zero-order chi connectivity index (χ0) is 25.9. The Morgan fingerprint density at radius 1 is 0.583 bits per heavy atom. The van der Waals surface area contributed by atoms with E-state index in [0.717, 1.165) is 0 Å². The lowest BCUT2D eigenvalue weighted by atomic mass is 10.1. The molecule has 0 aliphatic heterocycles. The van der Waals surface area contributed by atoms with Crippen LogP contribution in [-0.4, -0.2) is 46.9 Å². The third-order valence-electron chi connectivity index (χ3n) is 4.99. The number of benzene rings is 3. The average Bonchev–Trinajstić information content (AvgIpc) is 2.92. The number of hydrogen-bond acceptors (Lipinski definition) is 8. The molecule has 10 nitrogen and oxygen atoms in total. The molecule has 0 saturated carbocycles. The standard InChI is InChI=1S/C26H26N4O6/c27-29(23(31)14-16-35-21-10-3-1-4-11-21)25(33)19-8-7-9-20(18-19)26(34)30(28)24(32)15-17-36-22-12-5-2-6-13-22/h1-13,18H,14-17,27-28H2. The minimum atomic E-state index is -0.819. The van der Waals surface area contributed by atoms with Crippen molar-refractivity contribution in [3.05, 3.63) is 96.1 Å². The summed E-state index contributed by atoms with van der Waals surface area (Å²) in [6, 6.07) is 23.2. The number of ether oxygens (including phenoxy) is 2. The number of amides is 4. The quantitative estimate of drug-likeness (QED) is 0.250. The van der Waals surface area contributed by atoms with Crippen LogP contribution < -0.4 is 21.2 Å². The molecule has 0 saturated heterocycles. The Morgan fingerprint density at radius 2 is 0.972 bits per heavy atom. The lowest BCUT2D eigenvalue weighted by Gasteiger charge is -2.17. The normalized spacial score (nSPS) is 10.3. The molecule has 3 aromatic rings. The second kappa shape index (κ2) is 12.8. The number of imide groups is 2. The highest BCUT2D eigenvalue weighted by Crippen LogP contribution is 2.12. The maximum atomic E-state index is 12.7. The number of para-hydroxylation sites is 2. The van der Waals surface area contributed by atoms with Crippen molar-refractivity contribution in [1.29, 1.82) is 0 Å². The Morgan fingerprint density at radius 3 is 1.36 bits per heavy atom. The van der Waals surface area contributed by atoms with E-state index in [2.05, 4.69) is 0 Å². The van der Waals surface area contributed by atoms with E-state index in [1.54, 1.807) is 48.5 Å². The zero-order valence-electron chi connectivity index (χ0n) is 19.4. The molecule has 0 unspecified atom stereocenters. The SMILES string of the molecule is NN(C(=O)CCOc1ccccc1)C(=O)c1cccc(C(=O)N(N)C(=O)CCOc2ccccc2)c1. The monoisotopic (exact) mass is 490 g/mol. The number of hydrazine groups is 2. The molecule has 0 aliphatic carbocycles. The molecule has 0 radical (unpaired) electrons. The fourth-order valence-corrected chi connectivity index (χ4v) is 3.08. The van der Waals surface area contributed by atoms with Gasteiger partial charge in [-0.3, -0.25) is 19.2 Å². The van der Waals surface area contributed by atoms with E-state index in [9.17, 15) is 19.2 Å². The van der Waals surface area contributed by atoms with Crippen LogP contribution in [-0.2, 0) is 9.59 Å². The van der Waals surface area contributed by atoms with Crippen LogP contribution in [0, 0.1) is 0 Å².